The molecule has 0 aliphatic heterocycles. The van der Waals surface area contributed by atoms with E-state index in [-0.39, 0.29) is 0 Å². The van der Waals surface area contributed by atoms with Crippen molar-refractivity contribution in [1.82, 2.24) is 9.97 Å². The molecular weight excluding hydrogens is 328 g/mol. The third-order valence-corrected chi connectivity index (χ3v) is 4.97. The zero-order valence-electron chi connectivity index (χ0n) is 15.1. The first-order valence-electron chi connectivity index (χ1n) is 9.10. The smallest absolute Gasteiger partial charge is 0.159 e. The van der Waals surface area contributed by atoms with Crippen molar-refractivity contribution in [1.29, 1.82) is 0 Å². The summed E-state index contributed by atoms with van der Waals surface area (Å²) in [5, 5.41) is 3.52. The van der Waals surface area contributed by atoms with Gasteiger partial charge < -0.3 is 0 Å². The Kier molecular flexibility index (Phi) is 3.68. The van der Waals surface area contributed by atoms with Crippen LogP contribution in [-0.2, 0) is 0 Å². The van der Waals surface area contributed by atoms with Gasteiger partial charge in [-0.3, -0.25) is 0 Å². The summed E-state index contributed by atoms with van der Waals surface area (Å²) >= 11 is 0. The highest BCUT2D eigenvalue weighted by Gasteiger charge is 2.11. The van der Waals surface area contributed by atoms with E-state index in [9.17, 15) is 0 Å². The predicted octanol–water partition coefficient (Wildman–Crippen LogP) is 6.43. The van der Waals surface area contributed by atoms with E-state index in [1.165, 1.54) is 27.5 Å². The van der Waals surface area contributed by atoms with Crippen molar-refractivity contribution in [3.63, 3.8) is 0 Å². The molecule has 0 saturated heterocycles. The molecule has 0 saturated carbocycles. The van der Waals surface area contributed by atoms with Crippen LogP contribution in [0, 0.1) is 6.92 Å². The van der Waals surface area contributed by atoms with Gasteiger partial charge in [0.15, 0.2) is 5.82 Å². The quantitative estimate of drug-likeness (QED) is 0.344. The Hall–Kier alpha value is -3.52. The van der Waals surface area contributed by atoms with Gasteiger partial charge in [0.25, 0.3) is 0 Å². The number of benzene rings is 4. The lowest BCUT2D eigenvalue weighted by atomic mass is 9.94. The molecule has 0 bridgehead atoms. The summed E-state index contributed by atoms with van der Waals surface area (Å²) in [7, 11) is 0. The highest BCUT2D eigenvalue weighted by Crippen LogP contribution is 2.35. The largest absolute Gasteiger partial charge is 0.236 e. The van der Waals surface area contributed by atoms with Crippen LogP contribution in [0.25, 0.3) is 44.2 Å². The lowest BCUT2D eigenvalue weighted by Crippen LogP contribution is -1.92. The summed E-state index contributed by atoms with van der Waals surface area (Å²) < 4.78 is 0. The molecule has 0 aliphatic rings. The molecule has 0 fully saturated rings. The van der Waals surface area contributed by atoms with Crippen molar-refractivity contribution in [2.75, 3.05) is 0 Å². The van der Waals surface area contributed by atoms with Crippen molar-refractivity contribution in [3.8, 4) is 22.5 Å². The lowest BCUT2D eigenvalue weighted by Gasteiger charge is -2.12. The average Bonchev–Trinajstić information content (AvgIpc) is 2.74. The van der Waals surface area contributed by atoms with Gasteiger partial charge in [-0.15, -0.1) is 0 Å². The second kappa shape index (κ2) is 6.33. The molecule has 128 valence electrons. The molecule has 1 aromatic heterocycles. The minimum Gasteiger partial charge on any atom is -0.236 e. The standard InChI is InChI=1S/C25H18N2/c1-17-12-13-20-22(14-17)21(18-8-4-2-5-9-18)15-24-23(20)16-26-25(27-24)19-10-6-3-7-11-19/h2-16H,1H3. The predicted molar refractivity (Wildman–Crippen MR) is 113 cm³/mol. The maximum atomic E-state index is 4.89. The molecule has 1 heterocycles. The van der Waals surface area contributed by atoms with Crippen molar-refractivity contribution >= 4 is 21.7 Å². The number of aryl methyl sites for hydroxylation is 1. The van der Waals surface area contributed by atoms with E-state index in [2.05, 4.69) is 60.4 Å². The topological polar surface area (TPSA) is 25.8 Å². The maximum absolute atomic E-state index is 4.89. The average molecular weight is 346 g/mol. The summed E-state index contributed by atoms with van der Waals surface area (Å²) in [6.45, 7) is 2.13. The van der Waals surface area contributed by atoms with Gasteiger partial charge in [-0.25, -0.2) is 9.97 Å². The van der Waals surface area contributed by atoms with E-state index in [1.54, 1.807) is 0 Å². The molecule has 0 N–H and O–H groups in total. The van der Waals surface area contributed by atoms with Crippen molar-refractivity contribution < 1.29 is 0 Å². The Morgan fingerprint density at radius 3 is 2.07 bits per heavy atom. The first-order chi connectivity index (χ1) is 13.3. The van der Waals surface area contributed by atoms with Crippen LogP contribution in [0.1, 0.15) is 5.56 Å². The zero-order valence-corrected chi connectivity index (χ0v) is 15.1. The van der Waals surface area contributed by atoms with Crippen LogP contribution < -0.4 is 0 Å². The summed E-state index contributed by atoms with van der Waals surface area (Å²) in [5.74, 6) is 0.758. The number of fused-ring (bicyclic) bond motifs is 3. The number of nitrogens with zero attached hydrogens (tertiary/aromatic N) is 2. The molecule has 27 heavy (non-hydrogen) atoms. The lowest BCUT2D eigenvalue weighted by molar-refractivity contribution is 1.23. The molecule has 0 unspecified atom stereocenters. The first-order valence-corrected chi connectivity index (χ1v) is 9.10. The summed E-state index contributed by atoms with van der Waals surface area (Å²) in [4.78, 5) is 9.53. The molecule has 5 aromatic rings. The van der Waals surface area contributed by atoms with Crippen LogP contribution in [0.15, 0.2) is 91.1 Å². The van der Waals surface area contributed by atoms with Gasteiger partial charge in [0.05, 0.1) is 5.52 Å². The van der Waals surface area contributed by atoms with E-state index in [0.717, 1.165) is 22.3 Å². The Balaban J connectivity index is 1.85. The molecule has 0 atom stereocenters. The van der Waals surface area contributed by atoms with Gasteiger partial charge in [-0.05, 0) is 34.9 Å². The number of hydrogen-bond acceptors (Lipinski definition) is 2. The molecule has 0 aliphatic carbocycles. The van der Waals surface area contributed by atoms with Gasteiger partial charge in [0.2, 0.25) is 0 Å². The fourth-order valence-corrected chi connectivity index (χ4v) is 3.63. The van der Waals surface area contributed by atoms with Crippen molar-refractivity contribution in [3.05, 3.63) is 96.7 Å². The van der Waals surface area contributed by atoms with E-state index >= 15 is 0 Å². The third-order valence-electron chi connectivity index (χ3n) is 4.97. The molecule has 4 aromatic carbocycles. The Morgan fingerprint density at radius 2 is 1.33 bits per heavy atom. The zero-order chi connectivity index (χ0) is 18.2. The minimum atomic E-state index is 0.758. The van der Waals surface area contributed by atoms with Crippen LogP contribution in [0.5, 0.6) is 0 Å². The number of hydrogen-bond donors (Lipinski definition) is 0. The van der Waals surface area contributed by atoms with Crippen LogP contribution >= 0.6 is 0 Å². The van der Waals surface area contributed by atoms with Crippen molar-refractivity contribution in [2.45, 2.75) is 6.92 Å². The van der Waals surface area contributed by atoms with E-state index in [1.807, 2.05) is 42.6 Å². The number of rotatable bonds is 2. The summed E-state index contributed by atoms with van der Waals surface area (Å²) in [6, 6.07) is 29.4. The molecule has 0 radical (unpaired) electrons. The van der Waals surface area contributed by atoms with Gasteiger partial charge >= 0.3 is 0 Å². The van der Waals surface area contributed by atoms with Crippen LogP contribution in [0.2, 0.25) is 0 Å². The Labute approximate surface area is 158 Å². The van der Waals surface area contributed by atoms with Crippen LogP contribution in [0.4, 0.5) is 0 Å². The Bertz CT molecular complexity index is 1260. The van der Waals surface area contributed by atoms with E-state index in [4.69, 9.17) is 4.98 Å². The Morgan fingerprint density at radius 1 is 0.630 bits per heavy atom. The maximum Gasteiger partial charge on any atom is 0.159 e. The monoisotopic (exact) mass is 346 g/mol. The fourth-order valence-electron chi connectivity index (χ4n) is 3.63. The summed E-state index contributed by atoms with van der Waals surface area (Å²) in [6.07, 6.45) is 1.96. The molecule has 2 nitrogen and oxygen atoms in total. The normalized spacial score (nSPS) is 11.1. The van der Waals surface area contributed by atoms with Crippen LogP contribution in [-0.4, -0.2) is 9.97 Å². The molecule has 5 rings (SSSR count). The first kappa shape index (κ1) is 15.7. The molecule has 0 amide bonds. The SMILES string of the molecule is Cc1ccc2c(c1)c(-c1ccccc1)cc1nc(-c3ccccc3)ncc12. The van der Waals surface area contributed by atoms with Gasteiger partial charge in [0.1, 0.15) is 0 Å². The number of aromatic nitrogens is 2. The van der Waals surface area contributed by atoms with E-state index in [0.29, 0.717) is 0 Å². The fraction of sp³-hybridized carbons (Fsp3) is 0.0400. The van der Waals surface area contributed by atoms with Gasteiger partial charge in [0, 0.05) is 17.1 Å². The molecule has 2 heteroatoms. The van der Waals surface area contributed by atoms with Gasteiger partial charge in [-0.2, -0.15) is 0 Å². The molecule has 0 spiro atoms. The second-order valence-corrected chi connectivity index (χ2v) is 6.83. The van der Waals surface area contributed by atoms with Gasteiger partial charge in [-0.1, -0.05) is 84.4 Å². The second-order valence-electron chi connectivity index (χ2n) is 6.83. The van der Waals surface area contributed by atoms with E-state index < -0.39 is 0 Å². The van der Waals surface area contributed by atoms with Crippen molar-refractivity contribution in [2.24, 2.45) is 0 Å². The molecular formula is C25H18N2. The third kappa shape index (κ3) is 2.76. The summed E-state index contributed by atoms with van der Waals surface area (Å²) in [5.41, 5.74) is 5.67. The van der Waals surface area contributed by atoms with Crippen LogP contribution in [0.3, 0.4) is 0 Å². The highest BCUT2D eigenvalue weighted by molar-refractivity contribution is 6.12. The minimum absolute atomic E-state index is 0.758. The highest BCUT2D eigenvalue weighted by atomic mass is 14.9.